The molecule has 0 unspecified atom stereocenters. The standard InChI is InChI=1S/C10H3Cl3FNO2/c11-5-2-1-4(3-6(5)14)15-9(16)7(12)8(13)10(15)17/h1-3H. The maximum Gasteiger partial charge on any atom is 0.278 e. The molecule has 0 saturated heterocycles. The van der Waals surface area contributed by atoms with E-state index in [0.717, 1.165) is 6.07 Å². The average molecular weight is 294 g/mol. The molecule has 0 radical (unpaired) electrons. The molecule has 88 valence electrons. The van der Waals surface area contributed by atoms with Gasteiger partial charge in [-0.15, -0.1) is 0 Å². The summed E-state index contributed by atoms with van der Waals surface area (Å²) in [5.74, 6) is -2.32. The van der Waals surface area contributed by atoms with Crippen molar-refractivity contribution in [2.45, 2.75) is 0 Å². The minimum absolute atomic E-state index is 0.0238. The SMILES string of the molecule is O=C1C(Cl)=C(Cl)C(=O)N1c1ccc(Cl)c(F)c1. The molecule has 1 aliphatic heterocycles. The summed E-state index contributed by atoms with van der Waals surface area (Å²) in [4.78, 5) is 23.9. The van der Waals surface area contributed by atoms with E-state index in [2.05, 4.69) is 0 Å². The van der Waals surface area contributed by atoms with E-state index in [9.17, 15) is 14.0 Å². The van der Waals surface area contributed by atoms with Crippen molar-refractivity contribution in [3.63, 3.8) is 0 Å². The molecular weight excluding hydrogens is 291 g/mol. The van der Waals surface area contributed by atoms with Crippen molar-refractivity contribution in [3.8, 4) is 0 Å². The Bertz CT molecular complexity index is 547. The summed E-state index contributed by atoms with van der Waals surface area (Å²) in [6.07, 6.45) is 0. The second-order valence-corrected chi connectivity index (χ2v) is 4.34. The lowest BCUT2D eigenvalue weighted by Gasteiger charge is -2.14. The van der Waals surface area contributed by atoms with E-state index in [1.54, 1.807) is 0 Å². The highest BCUT2D eigenvalue weighted by Crippen LogP contribution is 2.32. The Kier molecular flexibility index (Phi) is 3.12. The number of amides is 2. The normalized spacial score (nSPS) is 16.1. The molecular formula is C10H3Cl3FNO2. The van der Waals surface area contributed by atoms with E-state index in [4.69, 9.17) is 34.8 Å². The van der Waals surface area contributed by atoms with Crippen LogP contribution in [0.5, 0.6) is 0 Å². The zero-order valence-electron chi connectivity index (χ0n) is 8.01. The van der Waals surface area contributed by atoms with E-state index in [1.165, 1.54) is 12.1 Å². The highest BCUT2D eigenvalue weighted by molar-refractivity contribution is 6.62. The van der Waals surface area contributed by atoms with Gasteiger partial charge in [0.15, 0.2) is 0 Å². The summed E-state index contributed by atoms with van der Waals surface area (Å²) in [7, 11) is 0. The lowest BCUT2D eigenvalue weighted by molar-refractivity contribution is -0.120. The van der Waals surface area contributed by atoms with Crippen molar-refractivity contribution >= 4 is 52.3 Å². The van der Waals surface area contributed by atoms with Gasteiger partial charge in [0.05, 0.1) is 10.7 Å². The van der Waals surface area contributed by atoms with Gasteiger partial charge in [0.1, 0.15) is 15.9 Å². The van der Waals surface area contributed by atoms with E-state index in [1.807, 2.05) is 0 Å². The molecule has 0 spiro atoms. The fraction of sp³-hybridized carbons (Fsp3) is 0. The molecule has 0 N–H and O–H groups in total. The lowest BCUT2D eigenvalue weighted by Crippen LogP contribution is -2.30. The highest BCUT2D eigenvalue weighted by atomic mass is 35.5. The molecule has 0 fully saturated rings. The number of carbonyl (C=O) groups excluding carboxylic acids is 2. The summed E-state index contributed by atoms with van der Waals surface area (Å²) in [5.41, 5.74) is 0.0238. The van der Waals surface area contributed by atoms with Crippen LogP contribution in [0.2, 0.25) is 5.02 Å². The Morgan fingerprint density at radius 3 is 2.00 bits per heavy atom. The first kappa shape index (κ1) is 12.4. The van der Waals surface area contributed by atoms with Gasteiger partial charge in [-0.1, -0.05) is 34.8 Å². The Balaban J connectivity index is 2.47. The molecule has 17 heavy (non-hydrogen) atoms. The minimum Gasteiger partial charge on any atom is -0.267 e. The summed E-state index contributed by atoms with van der Waals surface area (Å²) in [6, 6.07) is 3.51. The van der Waals surface area contributed by atoms with Gasteiger partial charge in [-0.05, 0) is 18.2 Å². The van der Waals surface area contributed by atoms with Gasteiger partial charge >= 0.3 is 0 Å². The number of rotatable bonds is 1. The Labute approximate surface area is 110 Å². The van der Waals surface area contributed by atoms with Gasteiger partial charge in [-0.2, -0.15) is 0 Å². The monoisotopic (exact) mass is 293 g/mol. The molecule has 3 nitrogen and oxygen atoms in total. The van der Waals surface area contributed by atoms with Crippen LogP contribution >= 0.6 is 34.8 Å². The summed E-state index contributed by atoms with van der Waals surface area (Å²) in [5, 5.41) is -0.878. The van der Waals surface area contributed by atoms with Crippen molar-refractivity contribution < 1.29 is 14.0 Å². The molecule has 7 heteroatoms. The number of hydrogen-bond acceptors (Lipinski definition) is 2. The van der Waals surface area contributed by atoms with Gasteiger partial charge in [0.25, 0.3) is 11.8 Å². The van der Waals surface area contributed by atoms with E-state index in [0.29, 0.717) is 4.90 Å². The van der Waals surface area contributed by atoms with Crippen molar-refractivity contribution in [1.29, 1.82) is 0 Å². The molecule has 0 aliphatic carbocycles. The number of hydrogen-bond donors (Lipinski definition) is 0. The van der Waals surface area contributed by atoms with Crippen LogP contribution in [-0.2, 0) is 9.59 Å². The van der Waals surface area contributed by atoms with Crippen molar-refractivity contribution in [3.05, 3.63) is 39.1 Å². The Hall–Kier alpha value is -1.10. The number of anilines is 1. The zero-order chi connectivity index (χ0) is 12.7. The van der Waals surface area contributed by atoms with E-state index in [-0.39, 0.29) is 20.8 Å². The van der Waals surface area contributed by atoms with E-state index < -0.39 is 17.6 Å². The number of halogens is 4. The second-order valence-electron chi connectivity index (χ2n) is 3.17. The van der Waals surface area contributed by atoms with Crippen LogP contribution in [0.4, 0.5) is 10.1 Å². The smallest absolute Gasteiger partial charge is 0.267 e. The molecule has 2 amide bonds. The average Bonchev–Trinajstić information content (AvgIpc) is 2.48. The van der Waals surface area contributed by atoms with Crippen LogP contribution in [0.15, 0.2) is 28.3 Å². The predicted octanol–water partition coefficient (Wildman–Crippen LogP) is 3.04. The predicted molar refractivity (Wildman–Crippen MR) is 62.6 cm³/mol. The lowest BCUT2D eigenvalue weighted by atomic mass is 10.3. The van der Waals surface area contributed by atoms with Crippen LogP contribution in [-0.4, -0.2) is 11.8 Å². The fourth-order valence-electron chi connectivity index (χ4n) is 1.33. The topological polar surface area (TPSA) is 37.4 Å². The zero-order valence-corrected chi connectivity index (χ0v) is 10.3. The maximum absolute atomic E-state index is 13.2. The number of nitrogens with zero attached hydrogens (tertiary/aromatic N) is 1. The third-order valence-electron chi connectivity index (χ3n) is 2.14. The Morgan fingerprint density at radius 2 is 1.53 bits per heavy atom. The van der Waals surface area contributed by atoms with Crippen LogP contribution in [0.1, 0.15) is 0 Å². The summed E-state index contributed by atoms with van der Waals surface area (Å²) >= 11 is 16.6. The first-order valence-corrected chi connectivity index (χ1v) is 5.46. The van der Waals surface area contributed by atoms with Gasteiger partial charge in [-0.3, -0.25) is 9.59 Å². The number of benzene rings is 1. The molecule has 0 aromatic heterocycles. The van der Waals surface area contributed by atoms with E-state index >= 15 is 0 Å². The number of imide groups is 1. The Morgan fingerprint density at radius 1 is 1.00 bits per heavy atom. The van der Waals surface area contributed by atoms with Crippen molar-refractivity contribution in [1.82, 2.24) is 0 Å². The summed E-state index contributed by atoms with van der Waals surface area (Å²) in [6.45, 7) is 0. The third kappa shape index (κ3) is 1.92. The molecule has 2 rings (SSSR count). The molecule has 0 atom stereocenters. The molecule has 1 heterocycles. The highest BCUT2D eigenvalue weighted by Gasteiger charge is 2.37. The maximum atomic E-state index is 13.2. The van der Waals surface area contributed by atoms with Crippen molar-refractivity contribution in [2.75, 3.05) is 4.90 Å². The first-order valence-electron chi connectivity index (χ1n) is 4.32. The van der Waals surface area contributed by atoms with Crippen LogP contribution in [0.3, 0.4) is 0 Å². The molecule has 1 aromatic rings. The molecule has 1 aliphatic rings. The van der Waals surface area contributed by atoms with Crippen LogP contribution in [0.25, 0.3) is 0 Å². The van der Waals surface area contributed by atoms with Crippen LogP contribution in [0, 0.1) is 5.82 Å². The minimum atomic E-state index is -0.789. The largest absolute Gasteiger partial charge is 0.278 e. The summed E-state index contributed by atoms with van der Waals surface area (Å²) < 4.78 is 13.2. The van der Waals surface area contributed by atoms with Crippen molar-refractivity contribution in [2.24, 2.45) is 0 Å². The van der Waals surface area contributed by atoms with Gasteiger partial charge < -0.3 is 0 Å². The van der Waals surface area contributed by atoms with Gasteiger partial charge in [0, 0.05) is 0 Å². The van der Waals surface area contributed by atoms with Crippen LogP contribution < -0.4 is 4.90 Å². The second kappa shape index (κ2) is 4.29. The van der Waals surface area contributed by atoms with Gasteiger partial charge in [0.2, 0.25) is 0 Å². The quantitative estimate of drug-likeness (QED) is 0.747. The number of carbonyl (C=O) groups is 2. The fourth-order valence-corrected chi connectivity index (χ4v) is 1.78. The molecule has 1 aromatic carbocycles. The first-order chi connectivity index (χ1) is 7.93. The third-order valence-corrected chi connectivity index (χ3v) is 3.24. The molecule has 0 bridgehead atoms. The van der Waals surface area contributed by atoms with Gasteiger partial charge in [-0.25, -0.2) is 9.29 Å². The molecule has 0 saturated carbocycles.